The number of carbonyl (C=O) groups excluding carboxylic acids is 1. The molecule has 1 N–H and O–H groups in total. The molecule has 11 nitrogen and oxygen atoms in total. The Bertz CT molecular complexity index is 1520. The Kier molecular flexibility index (Phi) is 6.89. The molecule has 5 rings (SSSR count). The minimum atomic E-state index is -1.28. The Morgan fingerprint density at radius 1 is 1.00 bits per heavy atom. The predicted molar refractivity (Wildman–Crippen MR) is 136 cm³/mol. The van der Waals surface area contributed by atoms with E-state index < -0.39 is 11.8 Å². The number of carboxylic acids is 1. The quantitative estimate of drug-likeness (QED) is 0.394. The third-order valence-corrected chi connectivity index (χ3v) is 7.05. The highest BCUT2D eigenvalue weighted by molar-refractivity contribution is 5.87. The van der Waals surface area contributed by atoms with Gasteiger partial charge in [-0.15, -0.1) is 15.3 Å². The predicted octanol–water partition coefficient (Wildman–Crippen LogP) is 2.35. The van der Waals surface area contributed by atoms with Gasteiger partial charge in [0.15, 0.2) is 17.3 Å². The molecule has 4 heterocycles. The lowest BCUT2D eigenvalue weighted by atomic mass is 10.1. The van der Waals surface area contributed by atoms with E-state index in [-0.39, 0.29) is 11.5 Å². The van der Waals surface area contributed by atoms with Crippen molar-refractivity contribution in [3.05, 3.63) is 70.1 Å². The van der Waals surface area contributed by atoms with E-state index >= 15 is 0 Å². The zero-order valence-electron chi connectivity index (χ0n) is 21.6. The van der Waals surface area contributed by atoms with E-state index in [4.69, 9.17) is 5.11 Å². The number of carbonyl (C=O) groups is 2. The standard InChI is InChI=1S/C26H29FN8O3/c1-16-20(17(2)34(30-16)24-8-7-23-29-28-18(3)35(23)31-24)6-9-25(36)33-12-10-32(11-13-33)15-19-4-5-21(26(37)38)22(27)14-19/h4-5,7-8,14H,6,9-13,15H2,1-3H3,(H,37,38). The van der Waals surface area contributed by atoms with Gasteiger partial charge >= 0.3 is 5.97 Å². The van der Waals surface area contributed by atoms with Gasteiger partial charge in [-0.3, -0.25) is 9.69 Å². The van der Waals surface area contributed by atoms with Gasteiger partial charge in [-0.2, -0.15) is 9.61 Å². The Labute approximate surface area is 218 Å². The molecule has 12 heteroatoms. The zero-order valence-corrected chi connectivity index (χ0v) is 21.6. The van der Waals surface area contributed by atoms with Crippen molar-refractivity contribution in [3.63, 3.8) is 0 Å². The first-order chi connectivity index (χ1) is 18.2. The number of hydrogen-bond acceptors (Lipinski definition) is 7. The number of piperazine rings is 1. The molecular formula is C26H29FN8O3. The van der Waals surface area contributed by atoms with Crippen molar-refractivity contribution in [2.75, 3.05) is 26.2 Å². The number of aromatic carboxylic acids is 1. The Morgan fingerprint density at radius 3 is 2.47 bits per heavy atom. The highest BCUT2D eigenvalue weighted by Gasteiger charge is 2.23. The molecule has 1 aromatic carbocycles. The number of nitrogens with zero attached hydrogens (tertiary/aromatic N) is 8. The van der Waals surface area contributed by atoms with E-state index in [2.05, 4.69) is 25.3 Å². The molecule has 1 aliphatic rings. The molecule has 1 amide bonds. The summed E-state index contributed by atoms with van der Waals surface area (Å²) in [6, 6.07) is 7.90. The van der Waals surface area contributed by atoms with Gasteiger partial charge in [-0.1, -0.05) is 6.07 Å². The van der Waals surface area contributed by atoms with E-state index in [1.54, 1.807) is 15.3 Å². The number of amides is 1. The smallest absolute Gasteiger partial charge is 0.338 e. The van der Waals surface area contributed by atoms with Gasteiger partial charge in [-0.05, 0) is 62.6 Å². The second-order valence-electron chi connectivity index (χ2n) is 9.55. The highest BCUT2D eigenvalue weighted by atomic mass is 19.1. The SMILES string of the molecule is Cc1nn(-c2ccc3nnc(C)n3n2)c(C)c1CCC(=O)N1CCN(Cc2ccc(C(=O)O)c(F)c2)CC1. The Hall–Kier alpha value is -4.19. The summed E-state index contributed by atoms with van der Waals surface area (Å²) in [7, 11) is 0. The van der Waals surface area contributed by atoms with Crippen LogP contribution in [0.1, 0.15) is 45.1 Å². The molecule has 0 aliphatic carbocycles. The average Bonchev–Trinajstić information content (AvgIpc) is 3.40. The summed E-state index contributed by atoms with van der Waals surface area (Å²) >= 11 is 0. The van der Waals surface area contributed by atoms with Crippen LogP contribution in [-0.4, -0.2) is 82.6 Å². The summed E-state index contributed by atoms with van der Waals surface area (Å²) < 4.78 is 17.5. The fraction of sp³-hybridized carbons (Fsp3) is 0.385. The number of carboxylic acid groups (broad SMARTS) is 1. The monoisotopic (exact) mass is 520 g/mol. The summed E-state index contributed by atoms with van der Waals surface area (Å²) in [5.41, 5.74) is 3.89. The van der Waals surface area contributed by atoms with Gasteiger partial charge in [0, 0.05) is 44.8 Å². The first-order valence-electron chi connectivity index (χ1n) is 12.5. The van der Waals surface area contributed by atoms with Gasteiger partial charge < -0.3 is 10.0 Å². The lowest BCUT2D eigenvalue weighted by molar-refractivity contribution is -0.133. The third kappa shape index (κ3) is 4.99. The minimum absolute atomic E-state index is 0.0905. The summed E-state index contributed by atoms with van der Waals surface area (Å²) in [4.78, 5) is 28.0. The van der Waals surface area contributed by atoms with E-state index in [9.17, 15) is 14.0 Å². The molecule has 1 saturated heterocycles. The van der Waals surface area contributed by atoms with Crippen molar-refractivity contribution in [1.29, 1.82) is 0 Å². The van der Waals surface area contributed by atoms with Crippen molar-refractivity contribution >= 4 is 17.5 Å². The van der Waals surface area contributed by atoms with Crippen molar-refractivity contribution in [2.24, 2.45) is 0 Å². The van der Waals surface area contributed by atoms with Crippen LogP contribution < -0.4 is 0 Å². The second-order valence-corrected chi connectivity index (χ2v) is 9.55. The van der Waals surface area contributed by atoms with Crippen LogP contribution in [0.3, 0.4) is 0 Å². The minimum Gasteiger partial charge on any atom is -0.478 e. The average molecular weight is 521 g/mol. The highest BCUT2D eigenvalue weighted by Crippen LogP contribution is 2.20. The molecule has 38 heavy (non-hydrogen) atoms. The second kappa shape index (κ2) is 10.3. The normalized spacial score (nSPS) is 14.4. The molecule has 0 spiro atoms. The number of hydrogen-bond donors (Lipinski definition) is 1. The lowest BCUT2D eigenvalue weighted by Crippen LogP contribution is -2.48. The van der Waals surface area contributed by atoms with Gasteiger partial charge in [0.25, 0.3) is 0 Å². The zero-order chi connectivity index (χ0) is 27.0. The number of fused-ring (bicyclic) bond motifs is 1. The van der Waals surface area contributed by atoms with Crippen LogP contribution in [0.4, 0.5) is 4.39 Å². The van der Waals surface area contributed by atoms with Crippen molar-refractivity contribution in [3.8, 4) is 5.82 Å². The first-order valence-corrected chi connectivity index (χ1v) is 12.5. The van der Waals surface area contributed by atoms with Crippen molar-refractivity contribution in [2.45, 2.75) is 40.2 Å². The molecule has 0 radical (unpaired) electrons. The summed E-state index contributed by atoms with van der Waals surface area (Å²) in [5.74, 6) is -0.570. The number of halogens is 1. The molecular weight excluding hydrogens is 491 g/mol. The molecule has 0 atom stereocenters. The third-order valence-electron chi connectivity index (χ3n) is 7.05. The molecule has 3 aromatic heterocycles. The number of aryl methyl sites for hydroxylation is 2. The van der Waals surface area contributed by atoms with E-state index in [1.807, 2.05) is 37.8 Å². The fourth-order valence-corrected chi connectivity index (χ4v) is 4.89. The van der Waals surface area contributed by atoms with E-state index in [0.29, 0.717) is 68.4 Å². The van der Waals surface area contributed by atoms with Crippen molar-refractivity contribution < 1.29 is 19.1 Å². The Morgan fingerprint density at radius 2 is 1.76 bits per heavy atom. The maximum Gasteiger partial charge on any atom is 0.338 e. The summed E-state index contributed by atoms with van der Waals surface area (Å²) in [6.45, 7) is 8.78. The molecule has 4 aromatic rings. The van der Waals surface area contributed by atoms with Crippen LogP contribution in [0, 0.1) is 26.6 Å². The fourth-order valence-electron chi connectivity index (χ4n) is 4.89. The first kappa shape index (κ1) is 25.5. The van der Waals surface area contributed by atoms with Crippen LogP contribution in [0.5, 0.6) is 0 Å². The Balaban J connectivity index is 1.17. The van der Waals surface area contributed by atoms with Gasteiger partial charge in [0.1, 0.15) is 5.82 Å². The van der Waals surface area contributed by atoms with Crippen molar-refractivity contribution in [1.82, 2.24) is 39.4 Å². The number of benzene rings is 1. The lowest BCUT2D eigenvalue weighted by Gasteiger charge is -2.35. The van der Waals surface area contributed by atoms with E-state index in [1.165, 1.54) is 12.1 Å². The maximum absolute atomic E-state index is 14.0. The number of aromatic nitrogens is 6. The van der Waals surface area contributed by atoms with Gasteiger partial charge in [0.05, 0.1) is 11.3 Å². The van der Waals surface area contributed by atoms with Gasteiger partial charge in [0.2, 0.25) is 5.91 Å². The van der Waals surface area contributed by atoms with Crippen LogP contribution in [0.15, 0.2) is 30.3 Å². The van der Waals surface area contributed by atoms with Crippen LogP contribution in [0.25, 0.3) is 11.5 Å². The largest absolute Gasteiger partial charge is 0.478 e. The topological polar surface area (TPSA) is 122 Å². The van der Waals surface area contributed by atoms with Crippen LogP contribution in [-0.2, 0) is 17.8 Å². The number of rotatable bonds is 7. The molecule has 0 bridgehead atoms. The molecule has 0 unspecified atom stereocenters. The summed E-state index contributed by atoms with van der Waals surface area (Å²) in [6.07, 6.45) is 0.964. The van der Waals surface area contributed by atoms with E-state index in [0.717, 1.165) is 17.0 Å². The van der Waals surface area contributed by atoms with Crippen LogP contribution >= 0.6 is 0 Å². The van der Waals surface area contributed by atoms with Crippen LogP contribution in [0.2, 0.25) is 0 Å². The molecule has 1 aliphatic heterocycles. The molecule has 198 valence electrons. The van der Waals surface area contributed by atoms with Gasteiger partial charge in [-0.25, -0.2) is 13.9 Å². The maximum atomic E-state index is 14.0. The molecule has 0 saturated carbocycles. The summed E-state index contributed by atoms with van der Waals surface area (Å²) in [5, 5.41) is 26.4. The molecule has 1 fully saturated rings.